The van der Waals surface area contributed by atoms with Gasteiger partial charge in [-0.15, -0.1) is 11.3 Å². The Labute approximate surface area is 203 Å². The first-order valence-electron chi connectivity index (χ1n) is 11.0. The maximum atomic E-state index is 13.0. The van der Waals surface area contributed by atoms with Crippen LogP contribution in [-0.2, 0) is 17.5 Å². The summed E-state index contributed by atoms with van der Waals surface area (Å²) in [7, 11) is 0. The number of ether oxygens (including phenoxy) is 1. The summed E-state index contributed by atoms with van der Waals surface area (Å²) in [5.74, 6) is 0.209. The van der Waals surface area contributed by atoms with Crippen LogP contribution in [0.25, 0.3) is 0 Å². The molecule has 0 saturated carbocycles. The molecule has 3 heterocycles. The number of rotatable bonds is 4. The summed E-state index contributed by atoms with van der Waals surface area (Å²) < 4.78 is 44.6. The van der Waals surface area contributed by atoms with Crippen LogP contribution >= 0.6 is 11.3 Å². The zero-order chi connectivity index (χ0) is 24.6. The normalized spacial score (nSPS) is 16.2. The second kappa shape index (κ2) is 9.21. The molecule has 0 spiro atoms. The number of amides is 2. The van der Waals surface area contributed by atoms with Crippen LogP contribution in [0, 0.1) is 0 Å². The number of hydrogen-bond donors (Lipinski definition) is 0. The lowest BCUT2D eigenvalue weighted by atomic mass is 10.1. The lowest BCUT2D eigenvalue weighted by Gasteiger charge is -2.36. The van der Waals surface area contributed by atoms with Gasteiger partial charge in [0.25, 0.3) is 11.8 Å². The highest BCUT2D eigenvalue weighted by Crippen LogP contribution is 2.33. The highest BCUT2D eigenvalue weighted by Gasteiger charge is 2.32. The Kier molecular flexibility index (Phi) is 6.10. The zero-order valence-electron chi connectivity index (χ0n) is 18.5. The van der Waals surface area contributed by atoms with E-state index >= 15 is 0 Å². The van der Waals surface area contributed by atoms with E-state index in [0.29, 0.717) is 54.0 Å². The van der Waals surface area contributed by atoms with Crippen molar-refractivity contribution in [2.45, 2.75) is 12.7 Å². The Bertz CT molecular complexity index is 1250. The third-order valence-electron chi connectivity index (χ3n) is 5.98. The summed E-state index contributed by atoms with van der Waals surface area (Å²) in [5, 5.41) is 2.30. The van der Waals surface area contributed by atoms with E-state index in [2.05, 4.69) is 4.98 Å². The van der Waals surface area contributed by atoms with Gasteiger partial charge in [0.1, 0.15) is 16.5 Å². The van der Waals surface area contributed by atoms with Crippen molar-refractivity contribution in [1.82, 2.24) is 9.88 Å². The summed E-state index contributed by atoms with van der Waals surface area (Å²) in [6.07, 6.45) is -4.40. The van der Waals surface area contributed by atoms with Crippen LogP contribution in [0.3, 0.4) is 0 Å². The van der Waals surface area contributed by atoms with Crippen molar-refractivity contribution in [1.29, 1.82) is 0 Å². The average molecular weight is 503 g/mol. The molecule has 11 heteroatoms. The fourth-order valence-electron chi connectivity index (χ4n) is 4.15. The van der Waals surface area contributed by atoms with Gasteiger partial charge in [0.05, 0.1) is 17.8 Å². The number of thiazole rings is 1. The number of carbonyl (C=O) groups is 2. The molecule has 2 aromatic carbocycles. The van der Waals surface area contributed by atoms with Crippen LogP contribution < -0.4 is 14.5 Å². The number of halogens is 3. The molecular weight excluding hydrogens is 481 g/mol. The number of aromatic nitrogens is 1. The number of nitrogens with zero attached hydrogens (tertiary/aromatic N) is 4. The monoisotopic (exact) mass is 502 g/mol. The van der Waals surface area contributed by atoms with Crippen molar-refractivity contribution in [2.24, 2.45) is 0 Å². The van der Waals surface area contributed by atoms with E-state index in [9.17, 15) is 22.8 Å². The minimum absolute atomic E-state index is 0.0513. The van der Waals surface area contributed by atoms with Gasteiger partial charge >= 0.3 is 6.18 Å². The lowest BCUT2D eigenvalue weighted by molar-refractivity contribution is -0.137. The Morgan fingerprint density at radius 3 is 2.60 bits per heavy atom. The van der Waals surface area contributed by atoms with E-state index in [1.165, 1.54) is 17.4 Å². The number of anilines is 2. The summed E-state index contributed by atoms with van der Waals surface area (Å²) in [6.45, 7) is 1.77. The molecule has 1 aromatic heterocycles. The van der Waals surface area contributed by atoms with Gasteiger partial charge < -0.3 is 14.5 Å². The first-order chi connectivity index (χ1) is 16.8. The maximum absolute atomic E-state index is 13.0. The molecule has 5 rings (SSSR count). The van der Waals surface area contributed by atoms with Crippen LogP contribution in [0.1, 0.15) is 21.1 Å². The molecule has 0 N–H and O–H groups in total. The summed E-state index contributed by atoms with van der Waals surface area (Å²) in [4.78, 5) is 35.0. The molecular formula is C24H21F3N4O3S. The van der Waals surface area contributed by atoms with Crippen LogP contribution in [0.5, 0.6) is 5.75 Å². The quantitative estimate of drug-likeness (QED) is 0.539. The van der Waals surface area contributed by atoms with Gasteiger partial charge in [-0.25, -0.2) is 4.98 Å². The molecule has 3 aromatic rings. The standard InChI is InChI=1S/C24H21F3N4O3S/c25-24(26,27)16-4-3-5-17(12-16)29-8-10-30(11-9-29)23(33)18-15-35-21(28-18)13-31-19-6-1-2-7-20(19)34-14-22(31)32/h1-7,12,15H,8-11,13-14H2. The third-order valence-corrected chi connectivity index (χ3v) is 6.81. The number of alkyl halides is 3. The van der Waals surface area contributed by atoms with Gasteiger partial charge in [0.2, 0.25) is 0 Å². The first kappa shape index (κ1) is 23.2. The van der Waals surface area contributed by atoms with Gasteiger partial charge in [-0.3, -0.25) is 14.5 Å². The Morgan fingerprint density at radius 2 is 1.83 bits per heavy atom. The second-order valence-corrected chi connectivity index (χ2v) is 9.13. The highest BCUT2D eigenvalue weighted by atomic mass is 32.1. The van der Waals surface area contributed by atoms with Gasteiger partial charge in [-0.05, 0) is 30.3 Å². The minimum atomic E-state index is -4.40. The van der Waals surface area contributed by atoms with Crippen LogP contribution in [0.2, 0.25) is 0 Å². The SMILES string of the molecule is O=C(c1csc(CN2C(=O)COc3ccccc32)n1)N1CCN(c2cccc(C(F)(F)F)c2)CC1. The fourth-order valence-corrected chi connectivity index (χ4v) is 4.91. The molecule has 182 valence electrons. The van der Waals surface area contributed by atoms with Crippen LogP contribution in [-0.4, -0.2) is 54.5 Å². The molecule has 0 atom stereocenters. The molecule has 2 aliphatic heterocycles. The summed E-state index contributed by atoms with van der Waals surface area (Å²) in [6, 6.07) is 12.5. The molecule has 0 bridgehead atoms. The number of carbonyl (C=O) groups excluding carboxylic acids is 2. The Hall–Kier alpha value is -3.60. The maximum Gasteiger partial charge on any atom is 0.416 e. The second-order valence-electron chi connectivity index (χ2n) is 8.19. The summed E-state index contributed by atoms with van der Waals surface area (Å²) in [5.41, 5.74) is 0.757. The van der Waals surface area contributed by atoms with E-state index < -0.39 is 11.7 Å². The molecule has 2 amide bonds. The van der Waals surface area contributed by atoms with Crippen molar-refractivity contribution in [3.63, 3.8) is 0 Å². The average Bonchev–Trinajstić information content (AvgIpc) is 3.34. The molecule has 1 saturated heterocycles. The molecule has 7 nitrogen and oxygen atoms in total. The van der Waals surface area contributed by atoms with Crippen LogP contribution in [0.15, 0.2) is 53.9 Å². The molecule has 2 aliphatic rings. The third kappa shape index (κ3) is 4.81. The van der Waals surface area contributed by atoms with Crippen LogP contribution in [0.4, 0.5) is 24.5 Å². The Balaban J connectivity index is 1.22. The summed E-state index contributed by atoms with van der Waals surface area (Å²) >= 11 is 1.30. The highest BCUT2D eigenvalue weighted by molar-refractivity contribution is 7.09. The number of benzene rings is 2. The molecule has 35 heavy (non-hydrogen) atoms. The predicted molar refractivity (Wildman–Crippen MR) is 125 cm³/mol. The zero-order valence-corrected chi connectivity index (χ0v) is 19.3. The van der Waals surface area contributed by atoms with Gasteiger partial charge in [-0.2, -0.15) is 13.2 Å². The van der Waals surface area contributed by atoms with Crippen molar-refractivity contribution in [3.8, 4) is 5.75 Å². The molecule has 0 radical (unpaired) electrons. The van der Waals surface area contributed by atoms with E-state index in [-0.39, 0.29) is 25.0 Å². The lowest BCUT2D eigenvalue weighted by Crippen LogP contribution is -2.49. The van der Waals surface area contributed by atoms with Crippen molar-refractivity contribution >= 4 is 34.5 Å². The largest absolute Gasteiger partial charge is 0.482 e. The smallest absolute Gasteiger partial charge is 0.416 e. The predicted octanol–water partition coefficient (Wildman–Crippen LogP) is 4.05. The molecule has 0 aliphatic carbocycles. The van der Waals surface area contributed by atoms with E-state index in [4.69, 9.17) is 4.74 Å². The first-order valence-corrected chi connectivity index (χ1v) is 11.9. The number of hydrogen-bond acceptors (Lipinski definition) is 6. The fraction of sp³-hybridized carbons (Fsp3) is 0.292. The van der Waals surface area contributed by atoms with Gasteiger partial charge in [-0.1, -0.05) is 18.2 Å². The number of fused-ring (bicyclic) bond motifs is 1. The molecule has 0 unspecified atom stereocenters. The van der Waals surface area contributed by atoms with E-state index in [1.54, 1.807) is 33.4 Å². The number of para-hydroxylation sites is 2. The van der Waals surface area contributed by atoms with Crippen molar-refractivity contribution in [2.75, 3.05) is 42.6 Å². The topological polar surface area (TPSA) is 66.0 Å². The van der Waals surface area contributed by atoms with Gasteiger partial charge in [0.15, 0.2) is 6.61 Å². The minimum Gasteiger partial charge on any atom is -0.482 e. The number of piperazine rings is 1. The molecule has 1 fully saturated rings. The van der Waals surface area contributed by atoms with E-state index in [1.807, 2.05) is 17.0 Å². The van der Waals surface area contributed by atoms with E-state index in [0.717, 1.165) is 12.1 Å². The van der Waals surface area contributed by atoms with Crippen molar-refractivity contribution < 1.29 is 27.5 Å². The van der Waals surface area contributed by atoms with Gasteiger partial charge in [0, 0.05) is 37.2 Å². The van der Waals surface area contributed by atoms with Crippen molar-refractivity contribution in [3.05, 3.63) is 70.2 Å². The Morgan fingerprint density at radius 1 is 1.06 bits per heavy atom.